The van der Waals surface area contributed by atoms with Crippen molar-refractivity contribution in [3.8, 4) is 0 Å². The number of carbonyl (C=O) groups is 2. The van der Waals surface area contributed by atoms with Crippen LogP contribution in [0.4, 0.5) is 18.2 Å². The second-order valence-electron chi connectivity index (χ2n) is 5.41. The lowest BCUT2D eigenvalue weighted by Crippen LogP contribution is -2.28. The molecule has 0 aromatic carbocycles. The topological polar surface area (TPSA) is 77.4 Å². The first-order valence-corrected chi connectivity index (χ1v) is 8.12. The Balaban J connectivity index is 2.27. The average molecular weight is 388 g/mol. The van der Waals surface area contributed by atoms with Crippen LogP contribution < -0.4 is 10.9 Å². The maximum atomic E-state index is 12.7. The van der Waals surface area contributed by atoms with Crippen LogP contribution in [0, 0.1) is 13.8 Å². The fraction of sp³-hybridized carbons (Fsp3) is 0.312. The van der Waals surface area contributed by atoms with Crippen molar-refractivity contribution in [2.24, 2.45) is 0 Å². The van der Waals surface area contributed by atoms with Crippen molar-refractivity contribution < 1.29 is 27.5 Å². The van der Waals surface area contributed by atoms with Crippen molar-refractivity contribution in [1.82, 2.24) is 4.57 Å². The van der Waals surface area contributed by atoms with Crippen molar-refractivity contribution in [3.05, 3.63) is 50.3 Å². The van der Waals surface area contributed by atoms with Gasteiger partial charge in [-0.3, -0.25) is 9.59 Å². The number of aryl methyl sites for hydroxylation is 1. The molecule has 1 amide bonds. The van der Waals surface area contributed by atoms with E-state index >= 15 is 0 Å². The molecule has 0 saturated carbocycles. The number of amides is 1. The van der Waals surface area contributed by atoms with Crippen molar-refractivity contribution in [2.45, 2.75) is 26.6 Å². The molecule has 6 nitrogen and oxygen atoms in total. The molecule has 0 aliphatic carbocycles. The second kappa shape index (κ2) is 7.32. The first kappa shape index (κ1) is 19.7. The van der Waals surface area contributed by atoms with Gasteiger partial charge in [-0.2, -0.15) is 13.2 Å². The molecule has 2 aromatic heterocycles. The molecule has 140 valence electrons. The Labute approximate surface area is 150 Å². The molecule has 0 aliphatic rings. The first-order chi connectivity index (χ1) is 12.0. The third-order valence-electron chi connectivity index (χ3n) is 3.65. The van der Waals surface area contributed by atoms with E-state index < -0.39 is 35.7 Å². The monoisotopic (exact) mass is 388 g/mol. The minimum absolute atomic E-state index is 0.180. The molecule has 10 heteroatoms. The van der Waals surface area contributed by atoms with Gasteiger partial charge in [0.15, 0.2) is 0 Å². The van der Waals surface area contributed by atoms with Gasteiger partial charge < -0.3 is 14.6 Å². The summed E-state index contributed by atoms with van der Waals surface area (Å²) in [5.74, 6) is -1.38. The number of thiophene rings is 1. The Morgan fingerprint density at radius 3 is 2.50 bits per heavy atom. The fourth-order valence-corrected chi connectivity index (χ4v) is 3.27. The van der Waals surface area contributed by atoms with Crippen molar-refractivity contribution >= 4 is 28.2 Å². The number of pyridine rings is 1. The van der Waals surface area contributed by atoms with Gasteiger partial charge in [-0.25, -0.2) is 4.79 Å². The van der Waals surface area contributed by atoms with Crippen LogP contribution in [0.5, 0.6) is 0 Å². The highest BCUT2D eigenvalue weighted by Gasteiger charge is 2.31. The Morgan fingerprint density at radius 2 is 1.92 bits per heavy atom. The highest BCUT2D eigenvalue weighted by Crippen LogP contribution is 2.33. The zero-order chi connectivity index (χ0) is 19.6. The number of nitrogens with one attached hydrogen (secondary N) is 1. The van der Waals surface area contributed by atoms with Crippen LogP contribution in [0.1, 0.15) is 26.4 Å². The lowest BCUT2D eigenvalue weighted by atomic mass is 10.1. The molecule has 0 aliphatic heterocycles. The molecular formula is C16H15F3N2O4S. The van der Waals surface area contributed by atoms with Gasteiger partial charge in [-0.1, -0.05) is 0 Å². The van der Waals surface area contributed by atoms with Gasteiger partial charge in [0.1, 0.15) is 11.5 Å². The fourth-order valence-electron chi connectivity index (χ4n) is 2.21. The zero-order valence-electron chi connectivity index (χ0n) is 14.1. The summed E-state index contributed by atoms with van der Waals surface area (Å²) in [5, 5.41) is 2.68. The van der Waals surface area contributed by atoms with Gasteiger partial charge in [0.25, 0.3) is 5.56 Å². The van der Waals surface area contributed by atoms with Gasteiger partial charge in [-0.15, -0.1) is 11.3 Å². The van der Waals surface area contributed by atoms with Gasteiger partial charge >= 0.3 is 12.1 Å². The maximum absolute atomic E-state index is 12.7. The van der Waals surface area contributed by atoms with E-state index in [0.717, 1.165) is 22.3 Å². The lowest BCUT2D eigenvalue weighted by Gasteiger charge is -2.11. The quantitative estimate of drug-likeness (QED) is 0.817. The van der Waals surface area contributed by atoms with E-state index in [0.29, 0.717) is 22.4 Å². The predicted molar refractivity (Wildman–Crippen MR) is 89.5 cm³/mol. The van der Waals surface area contributed by atoms with Gasteiger partial charge in [-0.05, 0) is 25.5 Å². The molecule has 0 bridgehead atoms. The van der Waals surface area contributed by atoms with Gasteiger partial charge in [0.05, 0.1) is 18.2 Å². The van der Waals surface area contributed by atoms with E-state index in [1.54, 1.807) is 13.8 Å². The summed E-state index contributed by atoms with van der Waals surface area (Å²) in [6.07, 6.45) is -4.06. The van der Waals surface area contributed by atoms with Crippen LogP contribution in [0.15, 0.2) is 23.1 Å². The van der Waals surface area contributed by atoms with Crippen LogP contribution in [0.3, 0.4) is 0 Å². The molecule has 0 fully saturated rings. The lowest BCUT2D eigenvalue weighted by molar-refractivity contribution is -0.138. The summed E-state index contributed by atoms with van der Waals surface area (Å²) in [6.45, 7) is 2.81. The zero-order valence-corrected chi connectivity index (χ0v) is 14.9. The van der Waals surface area contributed by atoms with Gasteiger partial charge in [0.2, 0.25) is 5.91 Å². The Morgan fingerprint density at radius 1 is 1.27 bits per heavy atom. The van der Waals surface area contributed by atoms with E-state index in [1.165, 1.54) is 7.11 Å². The number of halogens is 3. The summed E-state index contributed by atoms with van der Waals surface area (Å²) in [4.78, 5) is 36.5. The number of methoxy groups -OCH3 is 1. The molecule has 26 heavy (non-hydrogen) atoms. The first-order valence-electron chi connectivity index (χ1n) is 7.30. The van der Waals surface area contributed by atoms with E-state index in [-0.39, 0.29) is 10.6 Å². The summed E-state index contributed by atoms with van der Waals surface area (Å²) < 4.78 is 43.6. The summed E-state index contributed by atoms with van der Waals surface area (Å²) in [5.41, 5.74) is -0.976. The van der Waals surface area contributed by atoms with Crippen LogP contribution >= 0.6 is 11.3 Å². The van der Waals surface area contributed by atoms with E-state index in [1.807, 2.05) is 0 Å². The molecule has 0 atom stereocenters. The average Bonchev–Trinajstić information content (AvgIpc) is 2.81. The van der Waals surface area contributed by atoms with E-state index in [2.05, 4.69) is 10.1 Å². The van der Waals surface area contributed by atoms with Crippen LogP contribution in [-0.4, -0.2) is 23.6 Å². The number of anilines is 1. The number of hydrogen-bond acceptors (Lipinski definition) is 5. The highest BCUT2D eigenvalue weighted by atomic mass is 32.1. The number of esters is 1. The number of aromatic nitrogens is 1. The number of hydrogen-bond donors (Lipinski definition) is 1. The number of nitrogens with zero attached hydrogens (tertiary/aromatic N) is 1. The molecule has 2 aromatic rings. The highest BCUT2D eigenvalue weighted by molar-refractivity contribution is 7.16. The smallest absolute Gasteiger partial charge is 0.417 e. The number of carbonyl (C=O) groups excluding carboxylic acids is 2. The Bertz CT molecular complexity index is 915. The molecule has 2 heterocycles. The Hall–Kier alpha value is -2.62. The maximum Gasteiger partial charge on any atom is 0.417 e. The third-order valence-corrected chi connectivity index (χ3v) is 4.78. The molecule has 2 rings (SSSR count). The second-order valence-corrected chi connectivity index (χ2v) is 6.63. The standard InChI is InChI=1S/C16H15F3N2O4S/c1-8-9(2)26-14(13(8)15(24)25-3)20-11(22)7-21-6-10(16(17,18)19)4-5-12(21)23/h4-6H,7H2,1-3H3,(H,20,22). The van der Waals surface area contributed by atoms with E-state index in [4.69, 9.17) is 0 Å². The summed E-state index contributed by atoms with van der Waals surface area (Å²) in [6, 6.07) is 1.40. The van der Waals surface area contributed by atoms with Crippen LogP contribution in [0.2, 0.25) is 0 Å². The number of alkyl halides is 3. The molecule has 0 radical (unpaired) electrons. The van der Waals surface area contributed by atoms with E-state index in [9.17, 15) is 27.6 Å². The summed E-state index contributed by atoms with van der Waals surface area (Å²) >= 11 is 1.14. The molecule has 0 saturated heterocycles. The number of ether oxygens (including phenoxy) is 1. The van der Waals surface area contributed by atoms with Crippen LogP contribution in [-0.2, 0) is 22.3 Å². The minimum Gasteiger partial charge on any atom is -0.465 e. The van der Waals surface area contributed by atoms with Gasteiger partial charge in [0, 0.05) is 17.1 Å². The molecular weight excluding hydrogens is 373 g/mol. The molecule has 0 spiro atoms. The predicted octanol–water partition coefficient (Wildman–Crippen LogP) is 2.97. The van der Waals surface area contributed by atoms with Crippen molar-refractivity contribution in [1.29, 1.82) is 0 Å². The van der Waals surface area contributed by atoms with Crippen LogP contribution in [0.25, 0.3) is 0 Å². The van der Waals surface area contributed by atoms with Crippen molar-refractivity contribution in [3.63, 3.8) is 0 Å². The largest absolute Gasteiger partial charge is 0.465 e. The Kier molecular flexibility index (Phi) is 5.55. The normalized spacial score (nSPS) is 11.3. The molecule has 0 unspecified atom stereocenters. The number of rotatable bonds is 4. The third kappa shape index (κ3) is 4.13. The van der Waals surface area contributed by atoms with Crippen molar-refractivity contribution in [2.75, 3.05) is 12.4 Å². The molecule has 1 N–H and O–H groups in total. The SMILES string of the molecule is COC(=O)c1c(NC(=O)Cn2cc(C(F)(F)F)ccc2=O)sc(C)c1C. The summed E-state index contributed by atoms with van der Waals surface area (Å²) in [7, 11) is 1.20. The minimum atomic E-state index is -4.63.